The van der Waals surface area contributed by atoms with Gasteiger partial charge in [-0.05, 0) is 44.5 Å². The van der Waals surface area contributed by atoms with Crippen molar-refractivity contribution in [3.8, 4) is 0 Å². The third-order valence-corrected chi connectivity index (χ3v) is 5.19. The summed E-state index contributed by atoms with van der Waals surface area (Å²) in [6.45, 7) is 7.09. The second kappa shape index (κ2) is 7.62. The van der Waals surface area contributed by atoms with Crippen LogP contribution in [-0.4, -0.2) is 53.2 Å². The Hall–Kier alpha value is -0.840. The molecule has 2 aliphatic heterocycles. The second-order valence-electron chi connectivity index (χ2n) is 6.83. The average molecular weight is 306 g/mol. The van der Waals surface area contributed by atoms with Gasteiger partial charge in [-0.3, -0.25) is 9.80 Å². The molecule has 0 unspecified atom stereocenters. The maximum atomic E-state index is 10.6. The van der Waals surface area contributed by atoms with Gasteiger partial charge in [-0.2, -0.15) is 0 Å². The molecule has 0 amide bonds. The second-order valence-corrected chi connectivity index (χ2v) is 6.83. The molecule has 0 aromatic carbocycles. The summed E-state index contributed by atoms with van der Waals surface area (Å²) in [5.41, 5.74) is 0. The summed E-state index contributed by atoms with van der Waals surface area (Å²) < 4.78 is 5.80. The van der Waals surface area contributed by atoms with E-state index in [1.165, 1.54) is 38.8 Å². The van der Waals surface area contributed by atoms with Crippen molar-refractivity contribution >= 4 is 0 Å². The number of furan rings is 1. The van der Waals surface area contributed by atoms with E-state index in [1.807, 2.05) is 0 Å². The molecule has 3 rings (SSSR count). The van der Waals surface area contributed by atoms with Crippen LogP contribution >= 0.6 is 0 Å². The van der Waals surface area contributed by atoms with Crippen LogP contribution in [-0.2, 0) is 13.0 Å². The topological polar surface area (TPSA) is 39.9 Å². The van der Waals surface area contributed by atoms with Crippen molar-refractivity contribution in [3.63, 3.8) is 0 Å². The van der Waals surface area contributed by atoms with E-state index < -0.39 is 0 Å². The summed E-state index contributed by atoms with van der Waals surface area (Å²) in [6.07, 6.45) is 7.07. The fourth-order valence-corrected chi connectivity index (χ4v) is 3.90. The zero-order chi connectivity index (χ0) is 15.4. The van der Waals surface area contributed by atoms with Crippen LogP contribution in [0.4, 0.5) is 0 Å². The van der Waals surface area contributed by atoms with Crippen LogP contribution in [0.5, 0.6) is 0 Å². The maximum Gasteiger partial charge on any atom is 0.118 e. The van der Waals surface area contributed by atoms with Crippen molar-refractivity contribution in [2.75, 3.05) is 26.2 Å². The largest absolute Gasteiger partial charge is 0.465 e. The molecule has 1 aromatic rings. The van der Waals surface area contributed by atoms with E-state index in [0.29, 0.717) is 6.04 Å². The first-order chi connectivity index (χ1) is 10.8. The zero-order valence-electron chi connectivity index (χ0n) is 13.8. The highest BCUT2D eigenvalue weighted by molar-refractivity contribution is 5.07. The molecule has 1 aromatic heterocycles. The molecule has 0 saturated carbocycles. The van der Waals surface area contributed by atoms with E-state index in [1.54, 1.807) is 0 Å². The summed E-state index contributed by atoms with van der Waals surface area (Å²) in [5.74, 6) is 2.08. The quantitative estimate of drug-likeness (QED) is 0.928. The van der Waals surface area contributed by atoms with Crippen LogP contribution in [0.25, 0.3) is 0 Å². The fourth-order valence-electron chi connectivity index (χ4n) is 3.90. The minimum atomic E-state index is -0.229. The van der Waals surface area contributed by atoms with Crippen molar-refractivity contribution in [2.45, 2.75) is 64.1 Å². The predicted molar refractivity (Wildman–Crippen MR) is 87.8 cm³/mol. The molecule has 22 heavy (non-hydrogen) atoms. The van der Waals surface area contributed by atoms with Gasteiger partial charge >= 0.3 is 0 Å². The first-order valence-electron chi connectivity index (χ1n) is 8.98. The number of hydrogen-bond acceptors (Lipinski definition) is 4. The number of aryl methyl sites for hydroxylation is 1. The number of hydrogen-bond donors (Lipinski definition) is 1. The first-order valence-corrected chi connectivity index (χ1v) is 8.98. The number of nitrogens with zero attached hydrogens (tertiary/aromatic N) is 2. The molecule has 1 N–H and O–H groups in total. The number of likely N-dealkylation sites (tertiary alicyclic amines) is 2. The highest BCUT2D eigenvalue weighted by Gasteiger charge is 2.32. The van der Waals surface area contributed by atoms with Crippen LogP contribution < -0.4 is 0 Å². The lowest BCUT2D eigenvalue weighted by Gasteiger charge is -2.41. The molecule has 0 radical (unpaired) electrons. The Morgan fingerprint density at radius 2 is 1.82 bits per heavy atom. The first kappa shape index (κ1) is 16.0. The van der Waals surface area contributed by atoms with Crippen molar-refractivity contribution in [1.82, 2.24) is 9.80 Å². The summed E-state index contributed by atoms with van der Waals surface area (Å²) >= 11 is 0. The van der Waals surface area contributed by atoms with E-state index >= 15 is 0 Å². The van der Waals surface area contributed by atoms with Crippen molar-refractivity contribution in [2.24, 2.45) is 0 Å². The summed E-state index contributed by atoms with van der Waals surface area (Å²) in [4.78, 5) is 4.87. The van der Waals surface area contributed by atoms with Gasteiger partial charge in [0.2, 0.25) is 0 Å². The third kappa shape index (κ3) is 3.92. The minimum Gasteiger partial charge on any atom is -0.465 e. The Balaban J connectivity index is 1.52. The Labute approximate surface area is 134 Å². The monoisotopic (exact) mass is 306 g/mol. The number of aliphatic hydroxyl groups is 1. The number of aliphatic hydroxyl groups excluding tert-OH is 1. The van der Waals surface area contributed by atoms with Crippen LogP contribution in [0.15, 0.2) is 16.5 Å². The summed E-state index contributed by atoms with van der Waals surface area (Å²) in [7, 11) is 0. The number of β-amino-alcohol motifs (C(OH)–C–C–N with tert-alkyl or cyclic N) is 1. The lowest BCUT2D eigenvalue weighted by Crippen LogP contribution is -2.54. The van der Waals surface area contributed by atoms with Crippen molar-refractivity contribution in [3.05, 3.63) is 23.7 Å². The number of rotatable bonds is 4. The molecule has 0 spiro atoms. The van der Waals surface area contributed by atoms with E-state index in [-0.39, 0.29) is 6.10 Å². The normalized spacial score (nSPS) is 28.6. The molecule has 0 bridgehead atoms. The SMILES string of the molecule is CCc1ccc(CN2CC[C@@H](N3CCCCCC3)[C@H](O)C2)o1. The Morgan fingerprint density at radius 1 is 1.09 bits per heavy atom. The van der Waals surface area contributed by atoms with Gasteiger partial charge in [0, 0.05) is 25.6 Å². The zero-order valence-corrected chi connectivity index (χ0v) is 13.8. The van der Waals surface area contributed by atoms with Gasteiger partial charge < -0.3 is 9.52 Å². The Kier molecular flexibility index (Phi) is 5.55. The van der Waals surface area contributed by atoms with Gasteiger partial charge in [-0.15, -0.1) is 0 Å². The molecule has 3 heterocycles. The Bertz CT molecular complexity index is 452. The van der Waals surface area contributed by atoms with E-state index in [9.17, 15) is 5.11 Å². The maximum absolute atomic E-state index is 10.6. The highest BCUT2D eigenvalue weighted by Crippen LogP contribution is 2.22. The highest BCUT2D eigenvalue weighted by atomic mass is 16.3. The van der Waals surface area contributed by atoms with E-state index in [0.717, 1.165) is 44.0 Å². The molecule has 4 heteroatoms. The average Bonchev–Trinajstić information content (AvgIpc) is 2.80. The lowest BCUT2D eigenvalue weighted by molar-refractivity contribution is -0.0160. The minimum absolute atomic E-state index is 0.229. The molecule has 2 fully saturated rings. The van der Waals surface area contributed by atoms with Crippen LogP contribution in [0, 0.1) is 0 Å². The molecule has 0 aliphatic carbocycles. The standard InChI is InChI=1S/C18H30N2O2/c1-2-15-7-8-16(22-15)13-19-12-9-17(18(21)14-19)20-10-5-3-4-6-11-20/h7-8,17-18,21H,2-6,9-14H2,1H3/t17-,18-/m1/s1. The van der Waals surface area contributed by atoms with Gasteiger partial charge in [0.15, 0.2) is 0 Å². The van der Waals surface area contributed by atoms with E-state index in [4.69, 9.17) is 4.42 Å². The van der Waals surface area contributed by atoms with Crippen molar-refractivity contribution < 1.29 is 9.52 Å². The van der Waals surface area contributed by atoms with Gasteiger partial charge in [-0.1, -0.05) is 19.8 Å². The summed E-state index contributed by atoms with van der Waals surface area (Å²) in [5, 5.41) is 10.6. The van der Waals surface area contributed by atoms with Crippen LogP contribution in [0.1, 0.15) is 50.5 Å². The molecular weight excluding hydrogens is 276 g/mol. The molecule has 124 valence electrons. The molecule has 4 nitrogen and oxygen atoms in total. The van der Waals surface area contributed by atoms with E-state index in [2.05, 4.69) is 28.9 Å². The predicted octanol–water partition coefficient (Wildman–Crippen LogP) is 2.65. The van der Waals surface area contributed by atoms with Gasteiger partial charge in [0.1, 0.15) is 11.5 Å². The van der Waals surface area contributed by atoms with Gasteiger partial charge in [0.25, 0.3) is 0 Å². The van der Waals surface area contributed by atoms with Gasteiger partial charge in [0.05, 0.1) is 12.6 Å². The smallest absolute Gasteiger partial charge is 0.118 e. The molecule has 2 aliphatic rings. The summed E-state index contributed by atoms with van der Waals surface area (Å²) in [6, 6.07) is 4.50. The number of piperidine rings is 1. The third-order valence-electron chi connectivity index (χ3n) is 5.19. The van der Waals surface area contributed by atoms with Crippen LogP contribution in [0.2, 0.25) is 0 Å². The fraction of sp³-hybridized carbons (Fsp3) is 0.778. The van der Waals surface area contributed by atoms with Gasteiger partial charge in [-0.25, -0.2) is 0 Å². The van der Waals surface area contributed by atoms with Crippen molar-refractivity contribution in [1.29, 1.82) is 0 Å². The molecule has 2 saturated heterocycles. The van der Waals surface area contributed by atoms with Crippen LogP contribution in [0.3, 0.4) is 0 Å². The Morgan fingerprint density at radius 3 is 2.45 bits per heavy atom. The molecule has 2 atom stereocenters. The lowest BCUT2D eigenvalue weighted by atomic mass is 9.99. The molecular formula is C18H30N2O2.